The SMILES string of the molecule is CC(C)(C)[Si](C)(C)OC[C@H]1O[C@@H]([n+]2ccc([15NH]Cl)[nH]c2=O)C[C@@H]1O[Si](C)(C)C(C)(C)C. The van der Waals surface area contributed by atoms with Crippen LogP contribution in [0.4, 0.5) is 5.82 Å². The van der Waals surface area contributed by atoms with E-state index in [0.29, 0.717) is 18.8 Å². The highest BCUT2D eigenvalue weighted by Gasteiger charge is 2.47. The van der Waals surface area contributed by atoms with Crippen LogP contribution in [0.25, 0.3) is 0 Å². The summed E-state index contributed by atoms with van der Waals surface area (Å²) >= 11 is 5.60. The van der Waals surface area contributed by atoms with E-state index in [1.807, 2.05) is 0 Å². The molecule has 0 aromatic carbocycles. The van der Waals surface area contributed by atoms with Gasteiger partial charge in [-0.3, -0.25) is 4.84 Å². The van der Waals surface area contributed by atoms with E-state index in [2.05, 4.69) is 77.6 Å². The average Bonchev–Trinajstić information content (AvgIpc) is 2.99. The first-order valence-corrected chi connectivity index (χ1v) is 17.2. The molecule has 0 unspecified atom stereocenters. The van der Waals surface area contributed by atoms with E-state index in [9.17, 15) is 4.79 Å². The van der Waals surface area contributed by atoms with E-state index in [1.165, 1.54) is 0 Å². The number of nitrogens with zero attached hydrogens (tertiary/aromatic N) is 1. The summed E-state index contributed by atoms with van der Waals surface area (Å²) in [5.74, 6) is 0.438. The number of hydrogen-bond donors (Lipinski definition) is 2. The van der Waals surface area contributed by atoms with Gasteiger partial charge in [-0.05, 0) is 36.3 Å². The molecule has 10 heteroatoms. The Hall–Kier alpha value is -0.716. The van der Waals surface area contributed by atoms with Gasteiger partial charge in [0.25, 0.3) is 0 Å². The van der Waals surface area contributed by atoms with Gasteiger partial charge in [-0.15, -0.1) is 0 Å². The molecule has 0 radical (unpaired) electrons. The minimum atomic E-state index is -2.03. The van der Waals surface area contributed by atoms with Gasteiger partial charge in [0.05, 0.1) is 12.7 Å². The largest absolute Gasteiger partial charge is 0.499 e. The van der Waals surface area contributed by atoms with Crippen LogP contribution in [-0.4, -0.2) is 40.4 Å². The van der Waals surface area contributed by atoms with Crippen LogP contribution in [0.1, 0.15) is 54.2 Å². The van der Waals surface area contributed by atoms with Crippen molar-refractivity contribution in [1.29, 1.82) is 0 Å². The lowest BCUT2D eigenvalue weighted by Gasteiger charge is -2.40. The van der Waals surface area contributed by atoms with Crippen molar-refractivity contribution in [1.82, 2.24) is 4.98 Å². The van der Waals surface area contributed by atoms with Crippen LogP contribution >= 0.6 is 11.8 Å². The molecule has 178 valence electrons. The van der Waals surface area contributed by atoms with Crippen LogP contribution < -0.4 is 15.1 Å². The first-order chi connectivity index (χ1) is 14.0. The fourth-order valence-electron chi connectivity index (χ4n) is 2.93. The summed E-state index contributed by atoms with van der Waals surface area (Å²) in [5, 5.41) is 0.186. The molecule has 1 aliphatic heterocycles. The predicted molar refractivity (Wildman–Crippen MR) is 130 cm³/mol. The van der Waals surface area contributed by atoms with Crippen LogP contribution in [-0.2, 0) is 13.6 Å². The molecule has 2 heterocycles. The molecule has 1 fully saturated rings. The lowest BCUT2D eigenvalue weighted by atomic mass is 10.2. The van der Waals surface area contributed by atoms with Gasteiger partial charge >= 0.3 is 5.69 Å². The van der Waals surface area contributed by atoms with Gasteiger partial charge in [-0.25, -0.2) is 0 Å². The van der Waals surface area contributed by atoms with Gasteiger partial charge in [0.2, 0.25) is 12.0 Å². The van der Waals surface area contributed by atoms with Crippen LogP contribution in [0.5, 0.6) is 0 Å². The number of ether oxygens (including phenoxy) is 1. The van der Waals surface area contributed by atoms with Gasteiger partial charge in [0.1, 0.15) is 12.3 Å². The van der Waals surface area contributed by atoms with E-state index < -0.39 is 22.9 Å². The summed E-state index contributed by atoms with van der Waals surface area (Å²) in [4.78, 5) is 17.7. The normalized spacial score (nSPS) is 23.3. The smallest absolute Gasteiger partial charge is 0.414 e. The molecule has 2 N–H and O–H groups in total. The minimum absolute atomic E-state index is 0.0776. The van der Waals surface area contributed by atoms with Crippen LogP contribution in [0.15, 0.2) is 17.1 Å². The highest BCUT2D eigenvalue weighted by Crippen LogP contribution is 2.41. The number of halogens is 1. The first-order valence-electron chi connectivity index (χ1n) is 11.0. The van der Waals surface area contributed by atoms with E-state index >= 15 is 0 Å². The number of aromatic nitrogens is 2. The zero-order valence-electron chi connectivity index (χ0n) is 20.8. The van der Waals surface area contributed by atoms with E-state index in [0.717, 1.165) is 0 Å². The molecule has 3 atom stereocenters. The molecular weight excluding hydrogens is 451 g/mol. The van der Waals surface area contributed by atoms with Crippen molar-refractivity contribution in [2.45, 2.75) is 103 Å². The molecular formula is C21H41ClN3O4Si2+. The van der Waals surface area contributed by atoms with Gasteiger partial charge < -0.3 is 13.6 Å². The van der Waals surface area contributed by atoms with Crippen molar-refractivity contribution in [3.8, 4) is 0 Å². The summed E-state index contributed by atoms with van der Waals surface area (Å²) < 4.78 is 21.2. The van der Waals surface area contributed by atoms with E-state index in [1.54, 1.807) is 16.8 Å². The molecule has 1 aromatic heterocycles. The third-order valence-electron chi connectivity index (χ3n) is 7.14. The Labute approximate surface area is 194 Å². The molecule has 0 bridgehead atoms. The number of H-pyrrole nitrogens is 1. The fraction of sp³-hybridized carbons (Fsp3) is 0.810. The highest BCUT2D eigenvalue weighted by molar-refractivity contribution is 6.74. The summed E-state index contributed by atoms with van der Waals surface area (Å²) in [7, 11) is -3.97. The second-order valence-corrected chi connectivity index (χ2v) is 21.3. The average molecular weight is 492 g/mol. The van der Waals surface area contributed by atoms with Crippen molar-refractivity contribution in [3.05, 3.63) is 22.7 Å². The fourth-order valence-corrected chi connectivity index (χ4v) is 5.42. The van der Waals surface area contributed by atoms with Gasteiger partial charge in [-0.1, -0.05) is 41.5 Å². The lowest BCUT2D eigenvalue weighted by Crippen LogP contribution is -2.54. The summed E-state index contributed by atoms with van der Waals surface area (Å²) in [6.07, 6.45) is 1.50. The summed E-state index contributed by atoms with van der Waals surface area (Å²) in [6.45, 7) is 22.8. The number of nitrogens with one attached hydrogen (secondary N) is 2. The summed E-state index contributed by atoms with van der Waals surface area (Å²) in [6, 6.07) is 1.71. The maximum Gasteiger partial charge on any atom is 0.499 e. The Balaban J connectivity index is 2.28. The van der Waals surface area contributed by atoms with Crippen molar-refractivity contribution >= 4 is 34.2 Å². The first kappa shape index (κ1) is 26.5. The number of anilines is 1. The Bertz CT molecular complexity index is 818. The topological polar surface area (TPSA) is 76.5 Å². The molecule has 7 nitrogen and oxygen atoms in total. The molecule has 31 heavy (non-hydrogen) atoms. The third kappa shape index (κ3) is 6.20. The van der Waals surface area contributed by atoms with Crippen LogP contribution in [0.2, 0.25) is 36.3 Å². The monoisotopic (exact) mass is 491 g/mol. The van der Waals surface area contributed by atoms with E-state index in [4.69, 9.17) is 25.4 Å². The van der Waals surface area contributed by atoms with Crippen molar-refractivity contribution in [2.24, 2.45) is 0 Å². The Morgan fingerprint density at radius 3 is 2.23 bits per heavy atom. The van der Waals surface area contributed by atoms with Gasteiger partial charge in [0.15, 0.2) is 16.6 Å². The predicted octanol–water partition coefficient (Wildman–Crippen LogP) is 4.93. The number of aromatic amines is 1. The zero-order valence-corrected chi connectivity index (χ0v) is 23.5. The Morgan fingerprint density at radius 2 is 1.74 bits per heavy atom. The van der Waals surface area contributed by atoms with Crippen molar-refractivity contribution in [2.75, 3.05) is 11.4 Å². The number of hydrogen-bond acceptors (Lipinski definition) is 5. The standard InChI is InChI=1S/C21H40ClN3O4Si2/c1-20(2,3)30(7,8)27-14-16-15(29-31(9,10)21(4,5)6)13-18(28-16)25-12-11-17(24-22)23-19(25)26/h11-12,15-16,18H,13-14H2,1-10H3,(H,23,24,26)/p+1/t15-,16+,18+/m0/s1/i24+1. The quantitative estimate of drug-likeness (QED) is 0.245. The summed E-state index contributed by atoms with van der Waals surface area (Å²) in [5.41, 5.74) is -0.285. The molecule has 1 aliphatic rings. The molecule has 0 aliphatic carbocycles. The second-order valence-electron chi connectivity index (χ2n) is 11.5. The Morgan fingerprint density at radius 1 is 1.16 bits per heavy atom. The third-order valence-corrected chi connectivity index (χ3v) is 16.3. The van der Waals surface area contributed by atoms with Crippen LogP contribution in [0.3, 0.4) is 0 Å². The second kappa shape index (κ2) is 9.27. The van der Waals surface area contributed by atoms with E-state index in [-0.39, 0.29) is 28.0 Å². The number of rotatable bonds is 7. The van der Waals surface area contributed by atoms with Crippen LogP contribution in [0, 0.1) is 0 Å². The highest BCUT2D eigenvalue weighted by atomic mass is 35.5. The lowest BCUT2D eigenvalue weighted by molar-refractivity contribution is -0.773. The van der Waals surface area contributed by atoms with Crippen molar-refractivity contribution in [3.63, 3.8) is 0 Å². The van der Waals surface area contributed by atoms with Crippen molar-refractivity contribution < 1.29 is 18.2 Å². The molecule has 0 amide bonds. The minimum Gasteiger partial charge on any atom is -0.414 e. The molecule has 2 rings (SSSR count). The van der Waals surface area contributed by atoms with Gasteiger partial charge in [0, 0.05) is 24.3 Å². The Kier molecular flexibility index (Phi) is 7.93. The zero-order chi connectivity index (χ0) is 23.8. The molecule has 1 aromatic rings. The molecule has 0 saturated carbocycles. The molecule has 0 spiro atoms. The maximum absolute atomic E-state index is 12.6. The molecule has 1 saturated heterocycles. The maximum atomic E-state index is 12.6. The van der Waals surface area contributed by atoms with Gasteiger partial charge in [-0.2, -0.15) is 14.3 Å².